The molecule has 0 aromatic carbocycles. The molecule has 1 aliphatic heterocycles. The largest absolute Gasteiger partial charge is 0.524 e. The molecule has 4 atom stereocenters. The maximum absolute atomic E-state index is 11.2. The van der Waals surface area contributed by atoms with Gasteiger partial charge in [-0.2, -0.15) is 0 Å². The van der Waals surface area contributed by atoms with Gasteiger partial charge in [-0.05, 0) is 19.4 Å². The molecule has 1 aliphatic rings. The van der Waals surface area contributed by atoms with Gasteiger partial charge < -0.3 is 25.2 Å². The first-order valence-electron chi connectivity index (χ1n) is 7.47. The molecule has 12 nitrogen and oxygen atoms in total. The van der Waals surface area contributed by atoms with Crippen LogP contribution in [0.1, 0.15) is 20.1 Å². The number of fused-ring (bicyclic) bond motifs is 1. The number of nitrogens with two attached hydrogens (primary N) is 1. The van der Waals surface area contributed by atoms with Gasteiger partial charge in [0.05, 0.1) is 6.33 Å². The minimum Gasteiger partial charge on any atom is -0.406 e. The summed E-state index contributed by atoms with van der Waals surface area (Å²) in [5, 5.41) is 20.7. The standard InChI is InChI=1S/C13H18N5O7P/c1-5(2)9(25-26(21,22)23)10-7(19)8(20)13(24-10)18-4-17-6-11(14)15-3-16-12(6)18/h3-4,7-8,10,13,19-20H,1-2H3,(H2,14,15,16)(H2,21,22,23)/t7-,8+,10-,13+/m0/s1. The van der Waals surface area contributed by atoms with E-state index in [2.05, 4.69) is 19.5 Å². The number of rotatable bonds is 4. The summed E-state index contributed by atoms with van der Waals surface area (Å²) in [6, 6.07) is 0. The van der Waals surface area contributed by atoms with Crippen molar-refractivity contribution in [1.82, 2.24) is 19.5 Å². The molecular weight excluding hydrogens is 369 g/mol. The van der Waals surface area contributed by atoms with E-state index in [1.54, 1.807) is 0 Å². The highest BCUT2D eigenvalue weighted by Crippen LogP contribution is 2.44. The van der Waals surface area contributed by atoms with Gasteiger partial charge in [0.15, 0.2) is 17.7 Å². The van der Waals surface area contributed by atoms with Crippen molar-refractivity contribution in [3.05, 3.63) is 24.0 Å². The van der Waals surface area contributed by atoms with E-state index in [1.807, 2.05) is 0 Å². The Morgan fingerprint density at radius 3 is 2.58 bits per heavy atom. The van der Waals surface area contributed by atoms with Crippen molar-refractivity contribution in [3.63, 3.8) is 0 Å². The number of phosphoric acid groups is 1. The molecule has 142 valence electrons. The van der Waals surface area contributed by atoms with Crippen LogP contribution in [0.2, 0.25) is 0 Å². The fraction of sp³-hybridized carbons (Fsp3) is 0.462. The molecule has 26 heavy (non-hydrogen) atoms. The minimum absolute atomic E-state index is 0.133. The number of hydrogen-bond donors (Lipinski definition) is 5. The van der Waals surface area contributed by atoms with E-state index in [1.165, 1.54) is 31.1 Å². The summed E-state index contributed by atoms with van der Waals surface area (Å²) in [7, 11) is -4.89. The number of nitrogen functional groups attached to an aromatic ring is 1. The van der Waals surface area contributed by atoms with Gasteiger partial charge in [0.2, 0.25) is 0 Å². The maximum Gasteiger partial charge on any atom is 0.524 e. The molecule has 3 heterocycles. The van der Waals surface area contributed by atoms with Crippen molar-refractivity contribution in [2.45, 2.75) is 38.4 Å². The molecule has 3 rings (SSSR count). The summed E-state index contributed by atoms with van der Waals surface area (Å²) in [5.41, 5.74) is 6.64. The second-order valence-corrected chi connectivity index (χ2v) is 7.12. The monoisotopic (exact) mass is 387 g/mol. The molecule has 2 aromatic rings. The van der Waals surface area contributed by atoms with Gasteiger partial charge in [0.25, 0.3) is 0 Å². The van der Waals surface area contributed by atoms with Gasteiger partial charge in [0.1, 0.15) is 35.9 Å². The number of nitrogens with zero attached hydrogens (tertiary/aromatic N) is 4. The summed E-state index contributed by atoms with van der Waals surface area (Å²) < 4.78 is 22.9. The second kappa shape index (κ2) is 6.58. The third-order valence-electron chi connectivity index (χ3n) is 3.87. The van der Waals surface area contributed by atoms with Crippen LogP contribution in [0.4, 0.5) is 5.82 Å². The fourth-order valence-corrected chi connectivity index (χ4v) is 3.26. The summed E-state index contributed by atoms with van der Waals surface area (Å²) >= 11 is 0. The molecule has 0 aliphatic carbocycles. The Hall–Kier alpha value is -2.08. The van der Waals surface area contributed by atoms with Gasteiger partial charge in [-0.3, -0.25) is 14.4 Å². The summed E-state index contributed by atoms with van der Waals surface area (Å²) in [5.74, 6) is -0.126. The first kappa shape index (κ1) is 18.7. The highest BCUT2D eigenvalue weighted by molar-refractivity contribution is 7.46. The van der Waals surface area contributed by atoms with Crippen molar-refractivity contribution in [2.24, 2.45) is 0 Å². The summed E-state index contributed by atoms with van der Waals surface area (Å²) in [4.78, 5) is 30.1. The third kappa shape index (κ3) is 3.30. The highest BCUT2D eigenvalue weighted by Gasteiger charge is 2.48. The van der Waals surface area contributed by atoms with Gasteiger partial charge in [-0.25, -0.2) is 19.5 Å². The molecule has 13 heteroatoms. The van der Waals surface area contributed by atoms with E-state index in [0.717, 1.165) is 0 Å². The Morgan fingerprint density at radius 1 is 1.27 bits per heavy atom. The lowest BCUT2D eigenvalue weighted by Crippen LogP contribution is -2.33. The molecule has 1 fully saturated rings. The minimum atomic E-state index is -4.89. The first-order valence-corrected chi connectivity index (χ1v) is 9.00. The molecule has 0 spiro atoms. The predicted octanol–water partition coefficient (Wildman–Crippen LogP) is -0.569. The molecule has 0 radical (unpaired) electrons. The fourth-order valence-electron chi connectivity index (χ4n) is 2.72. The molecule has 0 bridgehead atoms. The smallest absolute Gasteiger partial charge is 0.406 e. The lowest BCUT2D eigenvalue weighted by Gasteiger charge is -2.21. The van der Waals surface area contributed by atoms with Crippen LogP contribution >= 0.6 is 7.82 Å². The number of aromatic nitrogens is 4. The zero-order valence-corrected chi connectivity index (χ0v) is 14.7. The molecule has 1 saturated heterocycles. The number of ether oxygens (including phenoxy) is 1. The lowest BCUT2D eigenvalue weighted by molar-refractivity contribution is -0.0343. The number of allylic oxidation sites excluding steroid dienone is 1. The molecule has 2 aromatic heterocycles. The van der Waals surface area contributed by atoms with Gasteiger partial charge in [-0.15, -0.1) is 0 Å². The topological polar surface area (TPSA) is 186 Å². The van der Waals surface area contributed by atoms with E-state index in [9.17, 15) is 14.8 Å². The van der Waals surface area contributed by atoms with Crippen LogP contribution in [0.25, 0.3) is 11.2 Å². The molecule has 0 unspecified atom stereocenters. The molecule has 0 saturated carbocycles. The Labute approximate surface area is 147 Å². The van der Waals surface area contributed by atoms with Crippen molar-refractivity contribution >= 4 is 24.8 Å². The van der Waals surface area contributed by atoms with E-state index < -0.39 is 32.4 Å². The number of phosphoric ester groups is 1. The van der Waals surface area contributed by atoms with Gasteiger partial charge >= 0.3 is 7.82 Å². The van der Waals surface area contributed by atoms with Crippen LogP contribution in [0.5, 0.6) is 0 Å². The zero-order chi connectivity index (χ0) is 19.2. The van der Waals surface area contributed by atoms with Crippen molar-refractivity contribution in [1.29, 1.82) is 0 Å². The van der Waals surface area contributed by atoms with Crippen molar-refractivity contribution < 1.29 is 33.8 Å². The van der Waals surface area contributed by atoms with Crippen LogP contribution in [-0.2, 0) is 13.8 Å². The van der Waals surface area contributed by atoms with Crippen LogP contribution < -0.4 is 5.73 Å². The van der Waals surface area contributed by atoms with Gasteiger partial charge in [0, 0.05) is 0 Å². The lowest BCUT2D eigenvalue weighted by atomic mass is 10.1. The Kier molecular flexibility index (Phi) is 4.73. The summed E-state index contributed by atoms with van der Waals surface area (Å²) in [6.07, 6.45) is -2.86. The van der Waals surface area contributed by atoms with Crippen LogP contribution in [0, 0.1) is 0 Å². The Balaban J connectivity index is 1.98. The van der Waals surface area contributed by atoms with Crippen molar-refractivity contribution in [2.75, 3.05) is 5.73 Å². The third-order valence-corrected chi connectivity index (χ3v) is 4.30. The van der Waals surface area contributed by atoms with E-state index >= 15 is 0 Å². The average Bonchev–Trinajstić information content (AvgIpc) is 3.08. The first-order chi connectivity index (χ1) is 12.1. The number of aliphatic hydroxyl groups is 2. The number of hydrogen-bond acceptors (Lipinski definition) is 9. The number of imidazole rings is 1. The van der Waals surface area contributed by atoms with Crippen LogP contribution in [0.3, 0.4) is 0 Å². The Bertz CT molecular complexity index is 905. The van der Waals surface area contributed by atoms with E-state index in [-0.39, 0.29) is 22.7 Å². The average molecular weight is 387 g/mol. The quantitative estimate of drug-likeness (QED) is 0.334. The normalized spacial score (nSPS) is 26.2. The molecule has 0 amide bonds. The molecular formula is C13H18N5O7P. The Morgan fingerprint density at radius 2 is 1.96 bits per heavy atom. The van der Waals surface area contributed by atoms with E-state index in [0.29, 0.717) is 5.57 Å². The number of anilines is 1. The van der Waals surface area contributed by atoms with Crippen LogP contribution in [0.15, 0.2) is 24.0 Å². The number of aliphatic hydroxyl groups excluding tert-OH is 2. The predicted molar refractivity (Wildman–Crippen MR) is 87.2 cm³/mol. The van der Waals surface area contributed by atoms with Crippen molar-refractivity contribution in [3.8, 4) is 0 Å². The van der Waals surface area contributed by atoms with Gasteiger partial charge in [-0.1, -0.05) is 0 Å². The maximum atomic E-state index is 11.2. The van der Waals surface area contributed by atoms with E-state index in [4.69, 9.17) is 20.3 Å². The zero-order valence-electron chi connectivity index (χ0n) is 13.8. The highest BCUT2D eigenvalue weighted by atomic mass is 31.2. The second-order valence-electron chi connectivity index (χ2n) is 5.96. The molecule has 6 N–H and O–H groups in total. The summed E-state index contributed by atoms with van der Waals surface area (Å²) in [6.45, 7) is 3.06. The SMILES string of the molecule is CC(C)=C(OP(=O)(O)O)[C@H]1O[C@@H](n2cnc3c(N)ncnc32)[C@H](O)[C@@H]1O. The van der Waals surface area contributed by atoms with Crippen LogP contribution in [-0.4, -0.2) is 57.8 Å².